The predicted molar refractivity (Wildman–Crippen MR) is 251 cm³/mol. The van der Waals surface area contributed by atoms with Crippen LogP contribution in [-0.2, 0) is 69.8 Å². The minimum absolute atomic E-state index is 0.0206. The molecule has 4 heterocycles. The van der Waals surface area contributed by atoms with Crippen molar-refractivity contribution in [1.29, 1.82) is 0 Å². The standard InChI is InChI=1S/C49H58FN9O11/c1-7-49(68)31-18-36-43-29(22-59(36)44(64)30(31)25-69-46(49)66)42-33(14-13-28-26(2)32(50)19-34(56-43)41(28)42)54-40(63)24-57(6)15-16-58(23-37(51)60)45(65)35(17-27-11-9-8-10-12-27)55-39(62)21-52-38(61)20-53-47(67)70-48(3,4)5/h8-12,18-19,33,35,68H,7,13-17,20-25H2,1-6H3,(H2,51,60)(H,52,61)(H,53,67)(H,54,63)(H,55,62)/t33-,35-,49-/m0/s1. The van der Waals surface area contributed by atoms with Crippen molar-refractivity contribution >= 4 is 52.5 Å². The Labute approximate surface area is 402 Å². The van der Waals surface area contributed by atoms with Crippen LogP contribution in [0.4, 0.5) is 9.18 Å². The van der Waals surface area contributed by atoms with Crippen LogP contribution in [0.1, 0.15) is 85.5 Å². The molecule has 3 atom stereocenters. The summed E-state index contributed by atoms with van der Waals surface area (Å²) < 4.78 is 27.3. The molecule has 70 heavy (non-hydrogen) atoms. The van der Waals surface area contributed by atoms with E-state index in [2.05, 4.69) is 21.3 Å². The predicted octanol–water partition coefficient (Wildman–Crippen LogP) is 1.24. The molecule has 4 aromatic rings. The quantitative estimate of drug-likeness (QED) is 0.0718. The number of hydrogen-bond acceptors (Lipinski definition) is 13. The second-order valence-electron chi connectivity index (χ2n) is 18.9. The number of aryl methyl sites for hydroxylation is 1. The molecule has 0 radical (unpaired) electrons. The second-order valence-corrected chi connectivity index (χ2v) is 18.9. The van der Waals surface area contributed by atoms with E-state index in [1.165, 1.54) is 15.5 Å². The monoisotopic (exact) mass is 967 g/mol. The van der Waals surface area contributed by atoms with Crippen LogP contribution < -0.4 is 32.6 Å². The molecule has 0 fully saturated rings. The number of aromatic nitrogens is 2. The van der Waals surface area contributed by atoms with Gasteiger partial charge in [0, 0.05) is 42.1 Å². The zero-order valence-corrected chi connectivity index (χ0v) is 40.0. The lowest BCUT2D eigenvalue weighted by Gasteiger charge is -2.31. The maximum Gasteiger partial charge on any atom is 0.408 e. The summed E-state index contributed by atoms with van der Waals surface area (Å²) >= 11 is 0. The summed E-state index contributed by atoms with van der Waals surface area (Å²) in [5, 5.41) is 22.5. The Bertz CT molecular complexity index is 2850. The fourth-order valence-electron chi connectivity index (χ4n) is 9.23. The molecule has 3 aliphatic rings. The van der Waals surface area contributed by atoms with E-state index in [9.17, 15) is 43.5 Å². The molecule has 7 rings (SSSR count). The van der Waals surface area contributed by atoms with Gasteiger partial charge in [-0.05, 0) is 82.3 Å². The number of aliphatic hydroxyl groups is 1. The summed E-state index contributed by atoms with van der Waals surface area (Å²) in [5.74, 6) is -4.59. The minimum atomic E-state index is -2.05. The van der Waals surface area contributed by atoms with Gasteiger partial charge in [-0.3, -0.25) is 33.7 Å². The lowest BCUT2D eigenvalue weighted by molar-refractivity contribution is -0.172. The van der Waals surface area contributed by atoms with Crippen LogP contribution in [0.5, 0.6) is 0 Å². The number of ether oxygens (including phenoxy) is 2. The fraction of sp³-hybridized carbons (Fsp3) is 0.449. The third-order valence-corrected chi connectivity index (χ3v) is 12.7. The van der Waals surface area contributed by atoms with E-state index in [1.807, 2.05) is 0 Å². The molecule has 20 nitrogen and oxygen atoms in total. The van der Waals surface area contributed by atoms with Crippen molar-refractivity contribution < 1.29 is 52.5 Å². The summed E-state index contributed by atoms with van der Waals surface area (Å²) in [4.78, 5) is 113. The van der Waals surface area contributed by atoms with Gasteiger partial charge in [0.2, 0.25) is 29.5 Å². The molecule has 0 bridgehead atoms. The van der Waals surface area contributed by atoms with Gasteiger partial charge in [0.1, 0.15) is 30.6 Å². The Morgan fingerprint density at radius 3 is 2.40 bits per heavy atom. The van der Waals surface area contributed by atoms with E-state index in [0.717, 1.165) is 5.56 Å². The van der Waals surface area contributed by atoms with Crippen LogP contribution in [0.3, 0.4) is 0 Å². The number of pyridine rings is 2. The lowest BCUT2D eigenvalue weighted by atomic mass is 9.81. The van der Waals surface area contributed by atoms with E-state index in [4.69, 9.17) is 20.2 Å². The van der Waals surface area contributed by atoms with E-state index in [0.29, 0.717) is 57.4 Å². The van der Waals surface area contributed by atoms with Gasteiger partial charge in [0.05, 0.1) is 54.7 Å². The van der Waals surface area contributed by atoms with Crippen LogP contribution >= 0.6 is 0 Å². The maximum atomic E-state index is 15.5. The topological polar surface area (TPSA) is 274 Å². The van der Waals surface area contributed by atoms with Gasteiger partial charge in [0.25, 0.3) is 5.56 Å². The summed E-state index contributed by atoms with van der Waals surface area (Å²) in [6, 6.07) is 9.92. The third-order valence-electron chi connectivity index (χ3n) is 12.7. The molecular formula is C49H58FN9O11. The molecule has 2 aromatic carbocycles. The van der Waals surface area contributed by atoms with Crippen molar-refractivity contribution in [2.45, 2.75) is 96.7 Å². The van der Waals surface area contributed by atoms with Crippen LogP contribution in [-0.4, -0.2) is 124 Å². The first-order valence-electron chi connectivity index (χ1n) is 23.0. The number of amides is 6. The number of likely N-dealkylation sites (N-methyl/N-ethyl adjacent to an activating group) is 1. The first-order valence-corrected chi connectivity index (χ1v) is 23.0. The highest BCUT2D eigenvalue weighted by atomic mass is 19.1. The van der Waals surface area contributed by atoms with Crippen molar-refractivity contribution in [3.63, 3.8) is 0 Å². The first kappa shape index (κ1) is 50.6. The van der Waals surface area contributed by atoms with Crippen LogP contribution in [0.15, 0.2) is 47.3 Å². The summed E-state index contributed by atoms with van der Waals surface area (Å²) in [6.45, 7) is 6.36. The average Bonchev–Trinajstić information content (AvgIpc) is 3.67. The third kappa shape index (κ3) is 10.8. The number of halogens is 1. The lowest BCUT2D eigenvalue weighted by Crippen LogP contribution is -2.54. The summed E-state index contributed by atoms with van der Waals surface area (Å²) in [6.07, 6.45) is -0.0376. The van der Waals surface area contributed by atoms with Gasteiger partial charge in [-0.25, -0.2) is 19.0 Å². The number of carbonyl (C=O) groups excluding carboxylic acids is 7. The number of carbonyl (C=O) groups is 7. The molecule has 7 N–H and O–H groups in total. The zero-order valence-electron chi connectivity index (χ0n) is 40.0. The molecule has 0 saturated carbocycles. The molecule has 6 amide bonds. The van der Waals surface area contributed by atoms with Gasteiger partial charge < -0.3 is 51.0 Å². The number of rotatable bonds is 17. The molecule has 372 valence electrons. The zero-order chi connectivity index (χ0) is 50.8. The molecule has 21 heteroatoms. The molecule has 0 unspecified atom stereocenters. The molecular weight excluding hydrogens is 910 g/mol. The molecule has 2 aliphatic heterocycles. The van der Waals surface area contributed by atoms with Gasteiger partial charge in [-0.1, -0.05) is 37.3 Å². The van der Waals surface area contributed by atoms with E-state index in [-0.39, 0.29) is 56.8 Å². The highest BCUT2D eigenvalue weighted by Crippen LogP contribution is 2.46. The minimum Gasteiger partial charge on any atom is -0.458 e. The highest BCUT2D eigenvalue weighted by molar-refractivity contribution is 5.95. The number of alkyl carbamates (subject to hydrolysis) is 1. The van der Waals surface area contributed by atoms with Crippen molar-refractivity contribution in [3.05, 3.63) is 97.6 Å². The van der Waals surface area contributed by atoms with Crippen LogP contribution in [0.25, 0.3) is 22.3 Å². The van der Waals surface area contributed by atoms with Gasteiger partial charge in [-0.2, -0.15) is 0 Å². The van der Waals surface area contributed by atoms with E-state index < -0.39 is 95.9 Å². The summed E-state index contributed by atoms with van der Waals surface area (Å²) in [5.41, 5.74) is 6.80. The van der Waals surface area contributed by atoms with Gasteiger partial charge >= 0.3 is 12.1 Å². The Kier molecular flexibility index (Phi) is 14.7. The number of nitrogens with one attached hydrogen (secondary N) is 4. The van der Waals surface area contributed by atoms with Crippen molar-refractivity contribution in [3.8, 4) is 11.4 Å². The smallest absolute Gasteiger partial charge is 0.408 e. The Balaban J connectivity index is 1.05. The molecule has 1 aliphatic carbocycles. The number of nitrogens with two attached hydrogens (primary N) is 1. The van der Waals surface area contributed by atoms with Crippen LogP contribution in [0.2, 0.25) is 0 Å². The molecule has 0 spiro atoms. The SMILES string of the molecule is CC[C@@]1(O)C(=O)OCc2c1cc1n(c2=O)Cc2c-1nc1cc(F)c(C)c3c1c2[C@@H](NC(=O)CN(C)CCN(CC(N)=O)C(=O)[C@H](Cc1ccccc1)NC(=O)CNC(=O)CNC(=O)OC(C)(C)C)CC3. The summed E-state index contributed by atoms with van der Waals surface area (Å²) in [7, 11) is 1.65. The van der Waals surface area contributed by atoms with Crippen LogP contribution in [0, 0.1) is 12.7 Å². The Morgan fingerprint density at radius 1 is 1.00 bits per heavy atom. The van der Waals surface area contributed by atoms with Gasteiger partial charge in [-0.15, -0.1) is 0 Å². The highest BCUT2D eigenvalue weighted by Gasteiger charge is 2.46. The van der Waals surface area contributed by atoms with E-state index >= 15 is 4.39 Å². The largest absolute Gasteiger partial charge is 0.458 e. The van der Waals surface area contributed by atoms with E-state index in [1.54, 1.807) is 83.0 Å². The van der Waals surface area contributed by atoms with Crippen molar-refractivity contribution in [1.82, 2.24) is 40.6 Å². The molecule has 2 aromatic heterocycles. The number of esters is 1. The van der Waals surface area contributed by atoms with Gasteiger partial charge in [0.15, 0.2) is 5.60 Å². The maximum absolute atomic E-state index is 15.5. The molecule has 0 saturated heterocycles. The number of benzene rings is 2. The number of fused-ring (bicyclic) bond motifs is 5. The Hall–Kier alpha value is -7.26. The van der Waals surface area contributed by atoms with Crippen molar-refractivity contribution in [2.24, 2.45) is 5.73 Å². The number of nitrogens with zero attached hydrogens (tertiary/aromatic N) is 4. The number of hydrogen-bond donors (Lipinski definition) is 6. The first-order chi connectivity index (χ1) is 33.1. The Morgan fingerprint density at radius 2 is 1.71 bits per heavy atom. The average molecular weight is 968 g/mol. The normalized spacial score (nSPS) is 17.1. The number of cyclic esters (lactones) is 1. The second kappa shape index (κ2) is 20.4. The fourth-order valence-corrected chi connectivity index (χ4v) is 9.23. The number of primary amides is 1. The van der Waals surface area contributed by atoms with Crippen molar-refractivity contribution in [2.75, 3.05) is 46.3 Å².